The van der Waals surface area contributed by atoms with Gasteiger partial charge in [-0.2, -0.15) is 0 Å². The van der Waals surface area contributed by atoms with E-state index in [1.165, 1.54) is 19.1 Å². The second-order valence-corrected chi connectivity index (χ2v) is 6.79. The Kier molecular flexibility index (Phi) is 7.08. The molecule has 146 valence electrons. The molecule has 0 unspecified atom stereocenters. The van der Waals surface area contributed by atoms with Crippen LogP contribution in [0.15, 0.2) is 12.1 Å². The van der Waals surface area contributed by atoms with Crippen molar-refractivity contribution in [1.82, 2.24) is 5.32 Å². The summed E-state index contributed by atoms with van der Waals surface area (Å²) in [5, 5.41) is 34.7. The van der Waals surface area contributed by atoms with E-state index in [2.05, 4.69) is 10.6 Å². The molecule has 1 aromatic carbocycles. The van der Waals surface area contributed by atoms with Gasteiger partial charge in [-0.3, -0.25) is 14.9 Å². The summed E-state index contributed by atoms with van der Waals surface area (Å²) in [6.45, 7) is 8.61. The van der Waals surface area contributed by atoms with Crippen LogP contribution in [0.25, 0.3) is 0 Å². The molecule has 0 spiro atoms. The molecule has 9 nitrogen and oxygen atoms in total. The number of aliphatic hydroxyl groups is 2. The van der Waals surface area contributed by atoms with Crippen LogP contribution >= 0.6 is 0 Å². The lowest BCUT2D eigenvalue weighted by atomic mass is 9.85. The van der Waals surface area contributed by atoms with E-state index in [4.69, 9.17) is 9.84 Å². The van der Waals surface area contributed by atoms with Gasteiger partial charge in [0.05, 0.1) is 17.0 Å². The lowest BCUT2D eigenvalue weighted by Crippen LogP contribution is -2.53. The van der Waals surface area contributed by atoms with Gasteiger partial charge in [-0.1, -0.05) is 13.8 Å². The van der Waals surface area contributed by atoms with Crippen LogP contribution in [0, 0.1) is 10.1 Å². The number of fused-ring (bicyclic) bond motifs is 1. The summed E-state index contributed by atoms with van der Waals surface area (Å²) in [5.74, 6) is -0.0896. The van der Waals surface area contributed by atoms with Crippen LogP contribution in [-0.4, -0.2) is 45.9 Å². The van der Waals surface area contributed by atoms with Gasteiger partial charge in [-0.25, -0.2) is 0 Å². The number of aliphatic hydroxyl groups excluding tert-OH is 2. The highest BCUT2D eigenvalue weighted by Gasteiger charge is 2.44. The number of benzene rings is 1. The number of anilines is 1. The molecule has 0 aliphatic carbocycles. The van der Waals surface area contributed by atoms with Crippen molar-refractivity contribution in [3.63, 3.8) is 0 Å². The first-order valence-electron chi connectivity index (χ1n) is 8.20. The molecule has 26 heavy (non-hydrogen) atoms. The SMILES string of the molecule is CC(=O)Nc1cc2c(cc1[N+](=O)[O-])OC(C)(C)[C@@H](O)[C@@H]2NC(C)C.CO. The number of rotatable bonds is 4. The number of hydrogen-bond donors (Lipinski definition) is 4. The van der Waals surface area contributed by atoms with E-state index >= 15 is 0 Å². The van der Waals surface area contributed by atoms with Crippen LogP contribution in [0.1, 0.15) is 46.2 Å². The molecule has 1 aliphatic heterocycles. The van der Waals surface area contributed by atoms with Crippen molar-refractivity contribution in [3.05, 3.63) is 27.8 Å². The number of nitro groups is 1. The summed E-state index contributed by atoms with van der Waals surface area (Å²) in [6, 6.07) is 2.39. The van der Waals surface area contributed by atoms with Gasteiger partial charge in [-0.05, 0) is 19.9 Å². The zero-order valence-electron chi connectivity index (χ0n) is 15.9. The van der Waals surface area contributed by atoms with Gasteiger partial charge in [0.1, 0.15) is 23.1 Å². The average Bonchev–Trinajstić information content (AvgIpc) is 2.52. The Bertz CT molecular complexity index is 675. The van der Waals surface area contributed by atoms with Crippen LogP contribution in [-0.2, 0) is 4.79 Å². The first-order valence-corrected chi connectivity index (χ1v) is 8.20. The van der Waals surface area contributed by atoms with Crippen molar-refractivity contribution in [2.24, 2.45) is 0 Å². The van der Waals surface area contributed by atoms with Gasteiger partial charge in [0.2, 0.25) is 5.91 Å². The topological polar surface area (TPSA) is 134 Å². The molecule has 0 fully saturated rings. The summed E-state index contributed by atoms with van der Waals surface area (Å²) in [6.07, 6.45) is -0.862. The lowest BCUT2D eigenvalue weighted by molar-refractivity contribution is -0.384. The zero-order valence-corrected chi connectivity index (χ0v) is 15.9. The summed E-state index contributed by atoms with van der Waals surface area (Å²) in [7, 11) is 1.00. The van der Waals surface area contributed by atoms with E-state index in [1.807, 2.05) is 13.8 Å². The zero-order chi connectivity index (χ0) is 20.2. The molecule has 1 amide bonds. The summed E-state index contributed by atoms with van der Waals surface area (Å²) < 4.78 is 5.79. The van der Waals surface area contributed by atoms with Crippen LogP contribution in [0.5, 0.6) is 5.75 Å². The van der Waals surface area contributed by atoms with Crippen LogP contribution in [0.4, 0.5) is 11.4 Å². The molecule has 2 atom stereocenters. The van der Waals surface area contributed by atoms with E-state index in [0.29, 0.717) is 11.3 Å². The Labute approximate surface area is 152 Å². The minimum absolute atomic E-state index is 0.0748. The third kappa shape index (κ3) is 4.69. The quantitative estimate of drug-likeness (QED) is 0.469. The number of ether oxygens (including phenoxy) is 1. The molecule has 4 N–H and O–H groups in total. The van der Waals surface area contributed by atoms with Gasteiger partial charge in [0, 0.05) is 25.6 Å². The molecular formula is C17H27N3O6. The first-order chi connectivity index (χ1) is 12.0. The van der Waals surface area contributed by atoms with Crippen molar-refractivity contribution >= 4 is 17.3 Å². The Morgan fingerprint density at radius 1 is 1.35 bits per heavy atom. The number of nitro benzene ring substituents is 1. The molecule has 9 heteroatoms. The maximum Gasteiger partial charge on any atom is 0.296 e. The van der Waals surface area contributed by atoms with E-state index in [-0.39, 0.29) is 17.4 Å². The largest absolute Gasteiger partial charge is 0.484 e. The van der Waals surface area contributed by atoms with E-state index in [0.717, 1.165) is 7.11 Å². The predicted octanol–water partition coefficient (Wildman–Crippen LogP) is 1.73. The average molecular weight is 369 g/mol. The number of nitrogens with zero attached hydrogens (tertiary/aromatic N) is 1. The molecular weight excluding hydrogens is 342 g/mol. The van der Waals surface area contributed by atoms with Crippen molar-refractivity contribution in [1.29, 1.82) is 0 Å². The number of carbonyl (C=O) groups excluding carboxylic acids is 1. The Balaban J connectivity index is 0.00000163. The molecule has 0 saturated heterocycles. The van der Waals surface area contributed by atoms with Gasteiger partial charge >= 0.3 is 0 Å². The van der Waals surface area contributed by atoms with E-state index in [1.54, 1.807) is 13.8 Å². The van der Waals surface area contributed by atoms with Crippen molar-refractivity contribution in [2.75, 3.05) is 12.4 Å². The fraction of sp³-hybridized carbons (Fsp3) is 0.588. The molecule has 0 aromatic heterocycles. The molecule has 0 radical (unpaired) electrons. The molecule has 0 saturated carbocycles. The minimum Gasteiger partial charge on any atom is -0.484 e. The van der Waals surface area contributed by atoms with Crippen LogP contribution in [0.3, 0.4) is 0 Å². The molecule has 1 aromatic rings. The summed E-state index contributed by atoms with van der Waals surface area (Å²) >= 11 is 0. The smallest absolute Gasteiger partial charge is 0.296 e. The lowest BCUT2D eigenvalue weighted by Gasteiger charge is -2.43. The maximum atomic E-state index is 11.4. The highest BCUT2D eigenvalue weighted by Crippen LogP contribution is 2.44. The Hall–Kier alpha value is -2.23. The number of hydrogen-bond acceptors (Lipinski definition) is 7. The van der Waals surface area contributed by atoms with Gasteiger partial charge < -0.3 is 25.6 Å². The Morgan fingerprint density at radius 3 is 2.38 bits per heavy atom. The number of amides is 1. The van der Waals surface area contributed by atoms with Crippen LogP contribution in [0.2, 0.25) is 0 Å². The minimum atomic E-state index is -0.914. The summed E-state index contributed by atoms with van der Waals surface area (Å²) in [4.78, 5) is 22.1. The fourth-order valence-corrected chi connectivity index (χ4v) is 2.81. The molecule has 1 heterocycles. The third-order valence-corrected chi connectivity index (χ3v) is 3.88. The Morgan fingerprint density at radius 2 is 1.92 bits per heavy atom. The molecule has 2 rings (SSSR count). The van der Waals surface area contributed by atoms with Gasteiger partial charge in [0.15, 0.2) is 0 Å². The van der Waals surface area contributed by atoms with Gasteiger partial charge in [-0.15, -0.1) is 0 Å². The highest BCUT2D eigenvalue weighted by molar-refractivity contribution is 5.91. The van der Waals surface area contributed by atoms with E-state index in [9.17, 15) is 20.0 Å². The van der Waals surface area contributed by atoms with Crippen LogP contribution < -0.4 is 15.4 Å². The highest BCUT2D eigenvalue weighted by atomic mass is 16.6. The summed E-state index contributed by atoms with van der Waals surface area (Å²) in [5.41, 5.74) is -0.509. The standard InChI is InChI=1S/C16H23N3O5.CH4O/c1-8(2)17-14-10-6-11(18-9(3)20)12(19(22)23)7-13(10)24-16(4,5)15(14)21;1-2/h6-8,14-15,17,21H,1-5H3,(H,18,20);2H,1H3/t14-,15+;/m1./s1. The van der Waals surface area contributed by atoms with Gasteiger partial charge in [0.25, 0.3) is 5.69 Å². The monoisotopic (exact) mass is 369 g/mol. The molecule has 1 aliphatic rings. The predicted molar refractivity (Wildman–Crippen MR) is 97.3 cm³/mol. The van der Waals surface area contributed by atoms with E-state index < -0.39 is 28.6 Å². The van der Waals surface area contributed by atoms with Crippen molar-refractivity contribution < 1.29 is 24.7 Å². The molecule has 0 bridgehead atoms. The first kappa shape index (κ1) is 21.8. The maximum absolute atomic E-state index is 11.4. The normalized spacial score (nSPS) is 20.3. The number of nitrogens with one attached hydrogen (secondary N) is 2. The second kappa shape index (κ2) is 8.43. The third-order valence-electron chi connectivity index (χ3n) is 3.88. The fourth-order valence-electron chi connectivity index (χ4n) is 2.81. The van der Waals surface area contributed by atoms with Crippen molar-refractivity contribution in [3.8, 4) is 5.75 Å². The van der Waals surface area contributed by atoms with Crippen molar-refractivity contribution in [2.45, 2.75) is 58.4 Å². The second-order valence-electron chi connectivity index (χ2n) is 6.79. The number of carbonyl (C=O) groups is 1.